The second-order valence-corrected chi connectivity index (χ2v) is 9.22. The quantitative estimate of drug-likeness (QED) is 0.397. The number of benzene rings is 2. The molecule has 1 aliphatic carbocycles. The van der Waals surface area contributed by atoms with Crippen molar-refractivity contribution in [3.05, 3.63) is 71.0 Å². The normalized spacial score (nSPS) is 15.4. The number of nitrogens with zero attached hydrogens (tertiary/aromatic N) is 3. The van der Waals surface area contributed by atoms with Crippen LogP contribution in [0.4, 0.5) is 0 Å². The van der Waals surface area contributed by atoms with Crippen LogP contribution in [0.2, 0.25) is 0 Å². The Balaban J connectivity index is 1.29. The monoisotopic (exact) mass is 451 g/mol. The van der Waals surface area contributed by atoms with E-state index < -0.39 is 0 Å². The van der Waals surface area contributed by atoms with Crippen LogP contribution in [0.5, 0.6) is 5.75 Å². The van der Waals surface area contributed by atoms with Crippen molar-refractivity contribution in [2.75, 3.05) is 11.6 Å². The van der Waals surface area contributed by atoms with E-state index in [0.717, 1.165) is 25.0 Å². The molecule has 0 unspecified atom stereocenters. The number of nitrogen functional groups attached to an aromatic ring is 1. The number of ether oxygens (including phenoxy) is 1. The maximum absolute atomic E-state index is 12.5. The number of carbonyl (C=O) groups excluding carboxylic acids is 1. The smallest absolute Gasteiger partial charge is 0.230 e. The van der Waals surface area contributed by atoms with E-state index in [1.807, 2.05) is 18.2 Å². The van der Waals surface area contributed by atoms with Crippen LogP contribution in [0, 0.1) is 0 Å². The molecule has 1 aliphatic rings. The van der Waals surface area contributed by atoms with E-state index in [9.17, 15) is 4.79 Å². The summed E-state index contributed by atoms with van der Waals surface area (Å²) in [5.74, 6) is 8.04. The second kappa shape index (κ2) is 10.1. The molecule has 1 atom stereocenters. The summed E-state index contributed by atoms with van der Waals surface area (Å²) in [7, 11) is 0. The van der Waals surface area contributed by atoms with E-state index in [1.165, 1.54) is 33.1 Å². The van der Waals surface area contributed by atoms with Gasteiger partial charge >= 0.3 is 0 Å². The Bertz CT molecular complexity index is 1060. The molecule has 3 N–H and O–H groups in total. The third-order valence-electron chi connectivity index (χ3n) is 5.69. The van der Waals surface area contributed by atoms with Gasteiger partial charge in [-0.25, -0.2) is 4.68 Å². The van der Waals surface area contributed by atoms with E-state index >= 15 is 0 Å². The third kappa shape index (κ3) is 5.24. The SMILES string of the molecule is CC(C)c1ccc(OCc2nnc(SCC(=O)N[C@@H]3CCCc4ccccc43)n2N)cc1. The number of hydrogen-bond acceptors (Lipinski definition) is 6. The van der Waals surface area contributed by atoms with Gasteiger partial charge in [0.15, 0.2) is 5.82 Å². The molecule has 32 heavy (non-hydrogen) atoms. The van der Waals surface area contributed by atoms with Crippen molar-refractivity contribution in [3.8, 4) is 5.75 Å². The maximum atomic E-state index is 12.5. The summed E-state index contributed by atoms with van der Waals surface area (Å²) in [5, 5.41) is 11.9. The zero-order valence-corrected chi connectivity index (χ0v) is 19.3. The molecule has 2 aromatic carbocycles. The van der Waals surface area contributed by atoms with Gasteiger partial charge in [-0.3, -0.25) is 4.79 Å². The van der Waals surface area contributed by atoms with Crippen LogP contribution in [-0.4, -0.2) is 26.5 Å². The number of nitrogens with one attached hydrogen (secondary N) is 1. The predicted molar refractivity (Wildman–Crippen MR) is 126 cm³/mol. The van der Waals surface area contributed by atoms with E-state index in [4.69, 9.17) is 10.6 Å². The molecule has 0 bridgehead atoms. The lowest BCUT2D eigenvalue weighted by Crippen LogP contribution is -2.32. The minimum absolute atomic E-state index is 0.0391. The topological polar surface area (TPSA) is 95.1 Å². The van der Waals surface area contributed by atoms with Crippen molar-refractivity contribution in [2.24, 2.45) is 0 Å². The first kappa shape index (κ1) is 22.2. The van der Waals surface area contributed by atoms with Gasteiger partial charge in [0.1, 0.15) is 12.4 Å². The van der Waals surface area contributed by atoms with Crippen molar-refractivity contribution in [2.45, 2.75) is 56.8 Å². The largest absolute Gasteiger partial charge is 0.486 e. The standard InChI is InChI=1S/C24H29N5O2S/c1-16(2)17-10-12-19(13-11-17)31-14-22-27-28-24(29(22)25)32-15-23(30)26-21-9-5-7-18-6-3-4-8-20(18)21/h3-4,6,8,10-13,16,21H,5,7,9,14-15,25H2,1-2H3,(H,26,30)/t21-/m1/s1. The molecule has 0 saturated carbocycles. The lowest BCUT2D eigenvalue weighted by molar-refractivity contribution is -0.119. The van der Waals surface area contributed by atoms with E-state index in [-0.39, 0.29) is 24.3 Å². The maximum Gasteiger partial charge on any atom is 0.230 e. The molecule has 0 aliphatic heterocycles. The fourth-order valence-corrected chi connectivity index (χ4v) is 4.56. The van der Waals surface area contributed by atoms with Gasteiger partial charge in [-0.2, -0.15) is 0 Å². The highest BCUT2D eigenvalue weighted by atomic mass is 32.2. The van der Waals surface area contributed by atoms with Crippen molar-refractivity contribution in [1.29, 1.82) is 0 Å². The van der Waals surface area contributed by atoms with Gasteiger partial charge in [-0.15, -0.1) is 10.2 Å². The summed E-state index contributed by atoms with van der Waals surface area (Å²) in [6.45, 7) is 4.51. The lowest BCUT2D eigenvalue weighted by atomic mass is 9.88. The van der Waals surface area contributed by atoms with Crippen LogP contribution in [0.3, 0.4) is 0 Å². The number of thioether (sulfide) groups is 1. The summed E-state index contributed by atoms with van der Waals surface area (Å²) in [5.41, 5.74) is 3.80. The number of carbonyl (C=O) groups is 1. The summed E-state index contributed by atoms with van der Waals surface area (Å²) in [6.07, 6.45) is 3.11. The summed E-state index contributed by atoms with van der Waals surface area (Å²) in [4.78, 5) is 12.5. The predicted octanol–water partition coefficient (Wildman–Crippen LogP) is 3.98. The number of aryl methyl sites for hydroxylation is 1. The summed E-state index contributed by atoms with van der Waals surface area (Å²) in [6, 6.07) is 16.4. The average Bonchev–Trinajstić information content (AvgIpc) is 3.16. The molecular formula is C24H29N5O2S. The Morgan fingerprint density at radius 2 is 2.00 bits per heavy atom. The zero-order chi connectivity index (χ0) is 22.5. The van der Waals surface area contributed by atoms with Gasteiger partial charge in [0, 0.05) is 0 Å². The minimum atomic E-state index is -0.0391. The minimum Gasteiger partial charge on any atom is -0.486 e. The van der Waals surface area contributed by atoms with Crippen molar-refractivity contribution in [1.82, 2.24) is 20.2 Å². The van der Waals surface area contributed by atoms with Crippen LogP contribution in [0.25, 0.3) is 0 Å². The summed E-state index contributed by atoms with van der Waals surface area (Å²) < 4.78 is 7.17. The van der Waals surface area contributed by atoms with Crippen LogP contribution in [0.15, 0.2) is 53.7 Å². The molecule has 1 amide bonds. The van der Waals surface area contributed by atoms with E-state index in [1.54, 1.807) is 0 Å². The Kier molecular flexibility index (Phi) is 6.99. The van der Waals surface area contributed by atoms with Crippen molar-refractivity contribution in [3.63, 3.8) is 0 Å². The van der Waals surface area contributed by atoms with Gasteiger partial charge < -0.3 is 15.9 Å². The number of hydrogen-bond donors (Lipinski definition) is 2. The molecule has 0 saturated heterocycles. The average molecular weight is 452 g/mol. The number of amides is 1. The molecule has 0 spiro atoms. The van der Waals surface area contributed by atoms with Crippen LogP contribution in [-0.2, 0) is 17.8 Å². The Hall–Kier alpha value is -3.00. The van der Waals surface area contributed by atoms with Crippen molar-refractivity contribution < 1.29 is 9.53 Å². The van der Waals surface area contributed by atoms with Crippen LogP contribution < -0.4 is 15.9 Å². The molecule has 0 radical (unpaired) electrons. The first-order valence-electron chi connectivity index (χ1n) is 10.9. The highest BCUT2D eigenvalue weighted by molar-refractivity contribution is 7.99. The fraction of sp³-hybridized carbons (Fsp3) is 0.375. The highest BCUT2D eigenvalue weighted by Crippen LogP contribution is 2.29. The van der Waals surface area contributed by atoms with Gasteiger partial charge in [0.25, 0.3) is 0 Å². The van der Waals surface area contributed by atoms with Gasteiger partial charge in [-0.05, 0) is 54.0 Å². The number of aromatic nitrogens is 3. The third-order valence-corrected chi connectivity index (χ3v) is 6.63. The Morgan fingerprint density at radius 3 is 2.78 bits per heavy atom. The Morgan fingerprint density at radius 1 is 1.22 bits per heavy atom. The number of nitrogens with two attached hydrogens (primary N) is 1. The van der Waals surface area contributed by atoms with Crippen LogP contribution >= 0.6 is 11.8 Å². The number of rotatable bonds is 8. The zero-order valence-electron chi connectivity index (χ0n) is 18.5. The van der Waals surface area contributed by atoms with Gasteiger partial charge in [0.05, 0.1) is 11.8 Å². The molecular weight excluding hydrogens is 422 g/mol. The summed E-state index contributed by atoms with van der Waals surface area (Å²) >= 11 is 1.27. The van der Waals surface area contributed by atoms with E-state index in [0.29, 0.717) is 16.9 Å². The first-order valence-corrected chi connectivity index (χ1v) is 11.9. The Labute approximate surface area is 192 Å². The van der Waals surface area contributed by atoms with Crippen LogP contribution in [0.1, 0.15) is 61.2 Å². The number of fused-ring (bicyclic) bond motifs is 1. The molecule has 168 valence electrons. The molecule has 7 nitrogen and oxygen atoms in total. The van der Waals surface area contributed by atoms with Gasteiger partial charge in [0.2, 0.25) is 11.1 Å². The first-order chi connectivity index (χ1) is 15.5. The van der Waals surface area contributed by atoms with Gasteiger partial charge in [-0.1, -0.05) is 62.0 Å². The highest BCUT2D eigenvalue weighted by Gasteiger charge is 2.22. The lowest BCUT2D eigenvalue weighted by Gasteiger charge is -2.26. The molecule has 8 heteroatoms. The molecule has 3 aromatic rings. The molecule has 4 rings (SSSR count). The molecule has 0 fully saturated rings. The van der Waals surface area contributed by atoms with E-state index in [2.05, 4.69) is 59.7 Å². The van der Waals surface area contributed by atoms with Crippen molar-refractivity contribution >= 4 is 17.7 Å². The molecule has 1 aromatic heterocycles. The molecule has 1 heterocycles. The fourth-order valence-electron chi connectivity index (χ4n) is 3.87. The second-order valence-electron chi connectivity index (χ2n) is 8.28.